The zero-order valence-corrected chi connectivity index (χ0v) is 12.7. The normalized spacial score (nSPS) is 21.8. The minimum Gasteiger partial charge on any atom is -0.382 e. The van der Waals surface area contributed by atoms with Gasteiger partial charge in [0, 0.05) is 16.2 Å². The maximum atomic E-state index is 3.63. The number of hydrogen-bond acceptors (Lipinski definition) is 1. The van der Waals surface area contributed by atoms with Gasteiger partial charge in [-0.2, -0.15) is 0 Å². The molecular formula is C17H18BrN. The van der Waals surface area contributed by atoms with E-state index in [9.17, 15) is 0 Å². The molecule has 0 saturated heterocycles. The van der Waals surface area contributed by atoms with Crippen LogP contribution in [0.2, 0.25) is 0 Å². The van der Waals surface area contributed by atoms with E-state index >= 15 is 0 Å². The highest BCUT2D eigenvalue weighted by molar-refractivity contribution is 9.10. The highest BCUT2D eigenvalue weighted by Crippen LogP contribution is 2.38. The number of aryl methyl sites for hydroxylation is 1. The third kappa shape index (κ3) is 2.84. The summed E-state index contributed by atoms with van der Waals surface area (Å²) in [5, 5.41) is 3.63. The van der Waals surface area contributed by atoms with E-state index in [0.29, 0.717) is 6.04 Å². The third-order valence-electron chi connectivity index (χ3n) is 3.94. The van der Waals surface area contributed by atoms with E-state index in [1.54, 1.807) is 0 Å². The summed E-state index contributed by atoms with van der Waals surface area (Å²) >= 11 is 3.54. The lowest BCUT2D eigenvalue weighted by atomic mass is 9.76. The Bertz CT molecular complexity index is 559. The van der Waals surface area contributed by atoms with E-state index < -0.39 is 0 Å². The van der Waals surface area contributed by atoms with E-state index in [4.69, 9.17) is 0 Å². The van der Waals surface area contributed by atoms with E-state index in [1.807, 2.05) is 0 Å². The van der Waals surface area contributed by atoms with E-state index in [-0.39, 0.29) is 0 Å². The van der Waals surface area contributed by atoms with Gasteiger partial charge in [-0.15, -0.1) is 0 Å². The molecule has 0 aromatic heterocycles. The van der Waals surface area contributed by atoms with Crippen LogP contribution in [-0.2, 0) is 0 Å². The van der Waals surface area contributed by atoms with Crippen LogP contribution < -0.4 is 5.32 Å². The van der Waals surface area contributed by atoms with Crippen LogP contribution in [0.4, 0.5) is 5.69 Å². The van der Waals surface area contributed by atoms with Crippen molar-refractivity contribution in [3.05, 3.63) is 64.1 Å². The second-order valence-electron chi connectivity index (χ2n) is 5.38. The summed E-state index contributed by atoms with van der Waals surface area (Å²) in [7, 11) is 0. The van der Waals surface area contributed by atoms with Gasteiger partial charge in [0.15, 0.2) is 0 Å². The predicted octanol–water partition coefficient (Wildman–Crippen LogP) is 5.12. The van der Waals surface area contributed by atoms with Crippen LogP contribution in [0.1, 0.15) is 29.9 Å². The van der Waals surface area contributed by atoms with Gasteiger partial charge in [0.05, 0.1) is 0 Å². The van der Waals surface area contributed by atoms with Gasteiger partial charge in [-0.25, -0.2) is 0 Å². The number of hydrogen-bond donors (Lipinski definition) is 1. The minimum absolute atomic E-state index is 0.616. The molecule has 3 rings (SSSR count). The molecule has 0 heterocycles. The molecule has 1 N–H and O–H groups in total. The molecule has 2 heteroatoms. The van der Waals surface area contributed by atoms with E-state index in [0.717, 1.165) is 5.92 Å². The molecule has 1 nitrogen and oxygen atoms in total. The first-order chi connectivity index (χ1) is 9.22. The Morgan fingerprint density at radius 1 is 1.05 bits per heavy atom. The molecule has 19 heavy (non-hydrogen) atoms. The minimum atomic E-state index is 0.616. The predicted molar refractivity (Wildman–Crippen MR) is 84.7 cm³/mol. The van der Waals surface area contributed by atoms with Crippen molar-refractivity contribution in [2.45, 2.75) is 31.7 Å². The molecule has 0 unspecified atom stereocenters. The van der Waals surface area contributed by atoms with Crippen molar-refractivity contribution in [1.82, 2.24) is 0 Å². The average molecular weight is 316 g/mol. The Balaban J connectivity index is 1.58. The molecule has 1 aliphatic rings. The molecule has 1 aliphatic carbocycles. The molecule has 0 spiro atoms. The fraction of sp³-hybridized carbons (Fsp3) is 0.294. The lowest BCUT2D eigenvalue weighted by Crippen LogP contribution is -2.33. The van der Waals surface area contributed by atoms with Crippen molar-refractivity contribution in [3.63, 3.8) is 0 Å². The first kappa shape index (κ1) is 12.7. The summed E-state index contributed by atoms with van der Waals surface area (Å²) in [5.41, 5.74) is 3.99. The largest absolute Gasteiger partial charge is 0.382 e. The second kappa shape index (κ2) is 5.38. The molecule has 2 aromatic carbocycles. The van der Waals surface area contributed by atoms with Gasteiger partial charge in [-0.1, -0.05) is 46.3 Å². The van der Waals surface area contributed by atoms with Gasteiger partial charge in [0.25, 0.3) is 0 Å². The molecular weight excluding hydrogens is 298 g/mol. The van der Waals surface area contributed by atoms with Gasteiger partial charge in [0.2, 0.25) is 0 Å². The summed E-state index contributed by atoms with van der Waals surface area (Å²) < 4.78 is 1.17. The van der Waals surface area contributed by atoms with Crippen molar-refractivity contribution in [2.75, 3.05) is 5.32 Å². The number of benzene rings is 2. The van der Waals surface area contributed by atoms with E-state index in [2.05, 4.69) is 76.7 Å². The van der Waals surface area contributed by atoms with E-state index in [1.165, 1.54) is 34.1 Å². The van der Waals surface area contributed by atoms with Crippen LogP contribution in [0.25, 0.3) is 0 Å². The summed E-state index contributed by atoms with van der Waals surface area (Å²) in [6.07, 6.45) is 2.47. The number of rotatable bonds is 3. The van der Waals surface area contributed by atoms with Gasteiger partial charge in [0.1, 0.15) is 0 Å². The molecule has 0 aliphatic heterocycles. The Kier molecular flexibility index (Phi) is 3.61. The Morgan fingerprint density at radius 2 is 1.79 bits per heavy atom. The zero-order valence-electron chi connectivity index (χ0n) is 11.1. The Morgan fingerprint density at radius 3 is 2.47 bits per heavy atom. The number of nitrogens with one attached hydrogen (secondary N) is 1. The van der Waals surface area contributed by atoms with Gasteiger partial charge < -0.3 is 5.32 Å². The van der Waals surface area contributed by atoms with Crippen molar-refractivity contribution in [3.8, 4) is 0 Å². The molecule has 98 valence electrons. The smallest absolute Gasteiger partial charge is 0.0345 e. The number of halogens is 1. The highest BCUT2D eigenvalue weighted by Gasteiger charge is 2.29. The maximum Gasteiger partial charge on any atom is 0.0345 e. The van der Waals surface area contributed by atoms with Crippen molar-refractivity contribution >= 4 is 21.6 Å². The zero-order chi connectivity index (χ0) is 13.2. The monoisotopic (exact) mass is 315 g/mol. The lowest BCUT2D eigenvalue weighted by Gasteiger charge is -2.37. The fourth-order valence-electron chi connectivity index (χ4n) is 2.70. The summed E-state index contributed by atoms with van der Waals surface area (Å²) in [5.74, 6) is 0.732. The third-order valence-corrected chi connectivity index (χ3v) is 4.83. The van der Waals surface area contributed by atoms with Gasteiger partial charge in [-0.3, -0.25) is 0 Å². The van der Waals surface area contributed by atoms with Crippen LogP contribution in [0.5, 0.6) is 0 Å². The van der Waals surface area contributed by atoms with Crippen molar-refractivity contribution < 1.29 is 0 Å². The second-order valence-corrected chi connectivity index (χ2v) is 6.24. The fourth-order valence-corrected chi connectivity index (χ4v) is 2.95. The highest BCUT2D eigenvalue weighted by atomic mass is 79.9. The van der Waals surface area contributed by atoms with Crippen LogP contribution in [0.15, 0.2) is 53.0 Å². The average Bonchev–Trinajstić information content (AvgIpc) is 2.38. The maximum absolute atomic E-state index is 3.63. The van der Waals surface area contributed by atoms with Crippen molar-refractivity contribution in [1.29, 1.82) is 0 Å². The molecule has 0 bridgehead atoms. The molecule has 0 radical (unpaired) electrons. The SMILES string of the molecule is Cc1cc(NC2CC(c3ccccc3)C2)ccc1Br. The molecule has 1 fully saturated rings. The Hall–Kier alpha value is -1.28. The topological polar surface area (TPSA) is 12.0 Å². The molecule has 0 atom stereocenters. The first-order valence-corrected chi connectivity index (χ1v) is 7.59. The standard InChI is InChI=1S/C17H18BrN/c1-12-9-15(7-8-17(12)18)19-16-10-14(11-16)13-5-3-2-4-6-13/h2-9,14,16,19H,10-11H2,1H3. The molecule has 0 amide bonds. The number of anilines is 1. The quantitative estimate of drug-likeness (QED) is 0.829. The molecule has 1 saturated carbocycles. The molecule has 2 aromatic rings. The lowest BCUT2D eigenvalue weighted by molar-refractivity contribution is 0.374. The summed E-state index contributed by atoms with van der Waals surface area (Å²) in [6, 6.07) is 17.9. The van der Waals surface area contributed by atoms with Gasteiger partial charge in [-0.05, 0) is 55.0 Å². The summed E-state index contributed by atoms with van der Waals surface area (Å²) in [4.78, 5) is 0. The van der Waals surface area contributed by atoms with Gasteiger partial charge >= 0.3 is 0 Å². The van der Waals surface area contributed by atoms with Crippen molar-refractivity contribution in [2.24, 2.45) is 0 Å². The van der Waals surface area contributed by atoms with Crippen LogP contribution in [0, 0.1) is 6.92 Å². The first-order valence-electron chi connectivity index (χ1n) is 6.80. The summed E-state index contributed by atoms with van der Waals surface area (Å²) in [6.45, 7) is 2.13. The van der Waals surface area contributed by atoms with Crippen LogP contribution in [0.3, 0.4) is 0 Å². The van der Waals surface area contributed by atoms with Crippen LogP contribution >= 0.6 is 15.9 Å². The van der Waals surface area contributed by atoms with Crippen LogP contribution in [-0.4, -0.2) is 6.04 Å². The Labute approximate surface area is 123 Å².